The van der Waals surface area contributed by atoms with Crippen molar-refractivity contribution < 1.29 is 14.3 Å². The number of ether oxygens (including phenoxy) is 1. The third-order valence-corrected chi connectivity index (χ3v) is 4.20. The number of methoxy groups -OCH3 is 1. The van der Waals surface area contributed by atoms with Crippen molar-refractivity contribution in [3.8, 4) is 5.75 Å². The molecule has 6 nitrogen and oxygen atoms in total. The molecule has 28 heavy (non-hydrogen) atoms. The molecule has 0 unspecified atom stereocenters. The number of carbonyl (C=O) groups excluding carboxylic acids is 2. The number of nitrogens with zero attached hydrogens (tertiary/aromatic N) is 1. The van der Waals surface area contributed by atoms with Crippen molar-refractivity contribution in [2.75, 3.05) is 17.7 Å². The van der Waals surface area contributed by atoms with E-state index < -0.39 is 0 Å². The zero-order chi connectivity index (χ0) is 20.1. The molecule has 3 rings (SSSR count). The number of nitrogens with one attached hydrogen (secondary N) is 2. The molecular formula is C21H18ClN3O3. The fourth-order valence-electron chi connectivity index (χ4n) is 2.59. The topological polar surface area (TPSA) is 80.3 Å². The molecule has 0 spiro atoms. The molecule has 0 saturated carbocycles. The first-order valence-corrected chi connectivity index (χ1v) is 8.82. The van der Waals surface area contributed by atoms with Gasteiger partial charge in [0, 0.05) is 22.5 Å². The van der Waals surface area contributed by atoms with E-state index in [1.807, 2.05) is 0 Å². The van der Waals surface area contributed by atoms with Crippen LogP contribution in [-0.4, -0.2) is 23.8 Å². The van der Waals surface area contributed by atoms with E-state index in [2.05, 4.69) is 15.6 Å². The zero-order valence-electron chi connectivity index (χ0n) is 15.3. The van der Waals surface area contributed by atoms with Crippen LogP contribution in [0.15, 0.2) is 60.9 Å². The average Bonchev–Trinajstić information content (AvgIpc) is 2.68. The maximum absolute atomic E-state index is 12.6. The highest BCUT2D eigenvalue weighted by Gasteiger charge is 2.10. The van der Waals surface area contributed by atoms with E-state index in [9.17, 15) is 9.59 Å². The summed E-state index contributed by atoms with van der Waals surface area (Å²) in [5.41, 5.74) is 2.68. The van der Waals surface area contributed by atoms with Crippen LogP contribution in [0.4, 0.5) is 17.1 Å². The average molecular weight is 396 g/mol. The quantitative estimate of drug-likeness (QED) is 0.577. The lowest BCUT2D eigenvalue weighted by Crippen LogP contribution is -2.13. The summed E-state index contributed by atoms with van der Waals surface area (Å²) in [6.45, 7) is 1.48. The molecule has 3 aromatic rings. The molecule has 1 amide bonds. The van der Waals surface area contributed by atoms with Gasteiger partial charge in [-0.2, -0.15) is 0 Å². The first kappa shape index (κ1) is 19.4. The lowest BCUT2D eigenvalue weighted by Gasteiger charge is -2.12. The van der Waals surface area contributed by atoms with E-state index in [-0.39, 0.29) is 11.7 Å². The number of ketones is 1. The monoisotopic (exact) mass is 395 g/mol. The van der Waals surface area contributed by atoms with Gasteiger partial charge < -0.3 is 15.4 Å². The Kier molecular flexibility index (Phi) is 5.91. The molecule has 0 aliphatic rings. The molecule has 0 fully saturated rings. The Morgan fingerprint density at radius 2 is 1.79 bits per heavy atom. The summed E-state index contributed by atoms with van der Waals surface area (Å²) in [6, 6.07) is 13.6. The number of carbonyl (C=O) groups is 2. The van der Waals surface area contributed by atoms with Gasteiger partial charge in [-0.25, -0.2) is 0 Å². The molecule has 2 aromatic carbocycles. The highest BCUT2D eigenvalue weighted by molar-refractivity contribution is 6.31. The summed E-state index contributed by atoms with van der Waals surface area (Å²) < 4.78 is 5.31. The van der Waals surface area contributed by atoms with Crippen LogP contribution >= 0.6 is 11.6 Å². The second-order valence-corrected chi connectivity index (χ2v) is 6.46. The molecule has 1 heterocycles. The van der Waals surface area contributed by atoms with Crippen molar-refractivity contribution in [3.05, 3.63) is 77.1 Å². The Morgan fingerprint density at radius 3 is 2.54 bits per heavy atom. The summed E-state index contributed by atoms with van der Waals surface area (Å²) in [5, 5.41) is 6.47. The van der Waals surface area contributed by atoms with Crippen LogP contribution < -0.4 is 15.4 Å². The van der Waals surface area contributed by atoms with E-state index in [1.165, 1.54) is 13.1 Å². The Morgan fingerprint density at radius 1 is 1.00 bits per heavy atom. The van der Waals surface area contributed by atoms with Gasteiger partial charge >= 0.3 is 0 Å². The van der Waals surface area contributed by atoms with Gasteiger partial charge in [0.05, 0.1) is 30.2 Å². The molecule has 1 aromatic heterocycles. The summed E-state index contributed by atoms with van der Waals surface area (Å²) >= 11 is 6.05. The predicted octanol–water partition coefficient (Wildman–Crippen LogP) is 4.94. The van der Waals surface area contributed by atoms with E-state index in [4.69, 9.17) is 16.3 Å². The molecule has 0 saturated heterocycles. The summed E-state index contributed by atoms with van der Waals surface area (Å²) in [6.07, 6.45) is 3.05. The lowest BCUT2D eigenvalue weighted by molar-refractivity contribution is 0.101. The van der Waals surface area contributed by atoms with Gasteiger partial charge in [0.15, 0.2) is 5.78 Å². The maximum Gasteiger partial charge on any atom is 0.257 e. The van der Waals surface area contributed by atoms with Crippen LogP contribution in [0.25, 0.3) is 0 Å². The van der Waals surface area contributed by atoms with Crippen molar-refractivity contribution in [1.29, 1.82) is 0 Å². The highest BCUT2D eigenvalue weighted by Crippen LogP contribution is 2.30. The van der Waals surface area contributed by atoms with Gasteiger partial charge in [0.2, 0.25) is 0 Å². The van der Waals surface area contributed by atoms with Crippen molar-refractivity contribution in [2.24, 2.45) is 0 Å². The number of aromatic nitrogens is 1. The second kappa shape index (κ2) is 8.54. The molecular weight excluding hydrogens is 378 g/mol. The Bertz CT molecular complexity index is 1040. The SMILES string of the molecule is COc1ccc(Cl)cc1Nc1cncc(C(=O)Nc2cccc(C(C)=O)c2)c1. The molecule has 142 valence electrons. The zero-order valence-corrected chi connectivity index (χ0v) is 16.1. The van der Waals surface area contributed by atoms with Crippen molar-refractivity contribution in [1.82, 2.24) is 4.98 Å². The molecule has 0 bridgehead atoms. The Balaban J connectivity index is 1.79. The van der Waals surface area contributed by atoms with Crippen LogP contribution in [0.2, 0.25) is 5.02 Å². The van der Waals surface area contributed by atoms with Gasteiger partial charge in [0.25, 0.3) is 5.91 Å². The number of anilines is 3. The van der Waals surface area contributed by atoms with Crippen LogP contribution in [0.1, 0.15) is 27.6 Å². The lowest BCUT2D eigenvalue weighted by atomic mass is 10.1. The number of hydrogen-bond donors (Lipinski definition) is 2. The van der Waals surface area contributed by atoms with Crippen LogP contribution in [-0.2, 0) is 0 Å². The van der Waals surface area contributed by atoms with Crippen LogP contribution in [0.5, 0.6) is 5.75 Å². The van der Waals surface area contributed by atoms with Gasteiger partial charge in [-0.05, 0) is 43.3 Å². The minimum absolute atomic E-state index is 0.0700. The van der Waals surface area contributed by atoms with Crippen molar-refractivity contribution >= 4 is 40.4 Å². The first-order chi connectivity index (χ1) is 13.5. The number of rotatable bonds is 6. The minimum atomic E-state index is -0.338. The molecule has 0 radical (unpaired) electrons. The molecule has 7 heteroatoms. The third kappa shape index (κ3) is 4.66. The Hall–Kier alpha value is -3.38. The number of Topliss-reactive ketones (excluding diaryl/α,β-unsaturated/α-hetero) is 1. The number of amides is 1. The van der Waals surface area contributed by atoms with E-state index in [0.717, 1.165) is 0 Å². The fraction of sp³-hybridized carbons (Fsp3) is 0.0952. The van der Waals surface area contributed by atoms with Crippen LogP contribution in [0, 0.1) is 0 Å². The summed E-state index contributed by atoms with van der Waals surface area (Å²) in [7, 11) is 1.56. The minimum Gasteiger partial charge on any atom is -0.495 e. The number of halogens is 1. The third-order valence-electron chi connectivity index (χ3n) is 3.97. The molecule has 0 atom stereocenters. The largest absolute Gasteiger partial charge is 0.495 e. The number of benzene rings is 2. The fourth-order valence-corrected chi connectivity index (χ4v) is 2.76. The summed E-state index contributed by atoms with van der Waals surface area (Å²) in [4.78, 5) is 28.2. The number of hydrogen-bond acceptors (Lipinski definition) is 5. The van der Waals surface area contributed by atoms with E-state index in [1.54, 1.807) is 61.8 Å². The molecule has 0 aliphatic carbocycles. The van der Waals surface area contributed by atoms with Crippen molar-refractivity contribution in [3.63, 3.8) is 0 Å². The second-order valence-electron chi connectivity index (χ2n) is 6.02. The predicted molar refractivity (Wildman–Crippen MR) is 110 cm³/mol. The maximum atomic E-state index is 12.6. The van der Waals surface area contributed by atoms with Crippen LogP contribution in [0.3, 0.4) is 0 Å². The van der Waals surface area contributed by atoms with Crippen molar-refractivity contribution in [2.45, 2.75) is 6.92 Å². The molecule has 0 aliphatic heterocycles. The standard InChI is InChI=1S/C21H18ClN3O3/c1-13(26)14-4-3-5-17(8-14)25-21(27)15-9-18(12-23-11-15)24-19-10-16(22)6-7-20(19)28-2/h3-12,24H,1-2H3,(H,25,27). The van der Waals surface area contributed by atoms with E-state index >= 15 is 0 Å². The normalized spacial score (nSPS) is 10.2. The van der Waals surface area contributed by atoms with Gasteiger partial charge in [-0.1, -0.05) is 23.7 Å². The smallest absolute Gasteiger partial charge is 0.257 e. The summed E-state index contributed by atoms with van der Waals surface area (Å²) in [5.74, 6) is 0.203. The molecule has 2 N–H and O–H groups in total. The van der Waals surface area contributed by atoms with E-state index in [0.29, 0.717) is 39.0 Å². The van der Waals surface area contributed by atoms with Gasteiger partial charge in [-0.3, -0.25) is 14.6 Å². The Labute approximate surface area is 167 Å². The van der Waals surface area contributed by atoms with Gasteiger partial charge in [-0.15, -0.1) is 0 Å². The number of pyridine rings is 1. The highest BCUT2D eigenvalue weighted by atomic mass is 35.5. The van der Waals surface area contributed by atoms with Gasteiger partial charge in [0.1, 0.15) is 5.75 Å². The first-order valence-electron chi connectivity index (χ1n) is 8.44.